The number of amides is 1. The van der Waals surface area contributed by atoms with Crippen molar-refractivity contribution in [3.8, 4) is 5.75 Å². The summed E-state index contributed by atoms with van der Waals surface area (Å²) in [5.74, 6) is -0.117. The molecule has 2 heterocycles. The normalized spacial score (nSPS) is 11.9. The Morgan fingerprint density at radius 2 is 1.77 bits per heavy atom. The van der Waals surface area contributed by atoms with Crippen LogP contribution in [0.4, 0.5) is 5.69 Å². The Labute approximate surface area is 205 Å². The first-order valence-corrected chi connectivity index (χ1v) is 11.8. The Kier molecular flexibility index (Phi) is 7.21. The number of esters is 1. The SMILES string of the molecule is CC(C)c1nn2c(=O)cc(COC(=O)c3ccc(NC(=O)[C@H](C)Oc4ccccc4)cc3)nc2s1. The average molecular weight is 493 g/mol. The van der Waals surface area contributed by atoms with Gasteiger partial charge in [0.15, 0.2) is 6.10 Å². The highest BCUT2D eigenvalue weighted by Gasteiger charge is 2.16. The summed E-state index contributed by atoms with van der Waals surface area (Å²) in [6.07, 6.45) is -0.703. The number of hydrogen-bond donors (Lipinski definition) is 1. The zero-order valence-electron chi connectivity index (χ0n) is 19.4. The van der Waals surface area contributed by atoms with Crippen molar-refractivity contribution in [2.45, 2.75) is 39.4 Å². The van der Waals surface area contributed by atoms with E-state index in [9.17, 15) is 14.4 Å². The maximum atomic E-state index is 12.5. The van der Waals surface area contributed by atoms with Crippen molar-refractivity contribution in [2.24, 2.45) is 0 Å². The third-order valence-electron chi connectivity index (χ3n) is 4.97. The number of anilines is 1. The molecule has 180 valence electrons. The molecule has 9 nitrogen and oxygen atoms in total. The molecule has 0 bridgehead atoms. The topological polar surface area (TPSA) is 112 Å². The zero-order chi connectivity index (χ0) is 24.9. The molecule has 4 rings (SSSR count). The first-order chi connectivity index (χ1) is 16.8. The number of carbonyl (C=O) groups excluding carboxylic acids is 2. The highest BCUT2D eigenvalue weighted by atomic mass is 32.1. The Morgan fingerprint density at radius 1 is 1.06 bits per heavy atom. The fraction of sp³-hybridized carbons (Fsp3) is 0.240. The quantitative estimate of drug-likeness (QED) is 0.370. The smallest absolute Gasteiger partial charge is 0.338 e. The van der Waals surface area contributed by atoms with Gasteiger partial charge in [0, 0.05) is 17.7 Å². The van der Waals surface area contributed by atoms with E-state index in [4.69, 9.17) is 9.47 Å². The number of ether oxygens (including phenoxy) is 2. The standard InChI is InChI=1S/C25H24N4O5S/c1-15(2)23-28-29-21(30)13-19(27-25(29)35-23)14-33-24(32)17-9-11-18(12-10-17)26-22(31)16(3)34-20-7-5-4-6-8-20/h4-13,15-16H,14H2,1-3H3,(H,26,31)/t16-/m0/s1. The number of fused-ring (bicyclic) bond motifs is 1. The fourth-order valence-corrected chi connectivity index (χ4v) is 4.02. The molecule has 0 saturated heterocycles. The summed E-state index contributed by atoms with van der Waals surface area (Å²) in [6, 6.07) is 16.7. The van der Waals surface area contributed by atoms with Crippen LogP contribution in [0.5, 0.6) is 5.75 Å². The van der Waals surface area contributed by atoms with Crippen molar-refractivity contribution in [2.75, 3.05) is 5.32 Å². The summed E-state index contributed by atoms with van der Waals surface area (Å²) < 4.78 is 12.2. The van der Waals surface area contributed by atoms with Gasteiger partial charge in [0.25, 0.3) is 11.5 Å². The monoisotopic (exact) mass is 492 g/mol. The number of aromatic nitrogens is 3. The molecule has 0 saturated carbocycles. The lowest BCUT2D eigenvalue weighted by molar-refractivity contribution is -0.122. The van der Waals surface area contributed by atoms with Crippen LogP contribution in [0.3, 0.4) is 0 Å². The van der Waals surface area contributed by atoms with Gasteiger partial charge < -0.3 is 14.8 Å². The van der Waals surface area contributed by atoms with Crippen molar-refractivity contribution in [1.82, 2.24) is 14.6 Å². The molecule has 1 N–H and O–H groups in total. The predicted molar refractivity (Wildman–Crippen MR) is 132 cm³/mol. The Balaban J connectivity index is 1.34. The van der Waals surface area contributed by atoms with Gasteiger partial charge in [-0.1, -0.05) is 43.4 Å². The molecule has 2 aromatic carbocycles. The molecule has 10 heteroatoms. The van der Waals surface area contributed by atoms with E-state index in [-0.39, 0.29) is 24.0 Å². The molecule has 0 spiro atoms. The number of carbonyl (C=O) groups is 2. The molecule has 0 aliphatic rings. The minimum absolute atomic E-state index is 0.147. The molecule has 0 aliphatic carbocycles. The molecule has 1 amide bonds. The Hall–Kier alpha value is -4.05. The van der Waals surface area contributed by atoms with Gasteiger partial charge in [0.1, 0.15) is 17.4 Å². The van der Waals surface area contributed by atoms with Crippen LogP contribution in [-0.4, -0.2) is 32.6 Å². The van der Waals surface area contributed by atoms with Crippen molar-refractivity contribution in [3.63, 3.8) is 0 Å². The van der Waals surface area contributed by atoms with Gasteiger partial charge in [-0.3, -0.25) is 9.59 Å². The molecular formula is C25H24N4O5S. The number of rotatable bonds is 8. The summed E-state index contributed by atoms with van der Waals surface area (Å²) >= 11 is 1.33. The lowest BCUT2D eigenvalue weighted by atomic mass is 10.2. The van der Waals surface area contributed by atoms with Crippen molar-refractivity contribution in [1.29, 1.82) is 0 Å². The van der Waals surface area contributed by atoms with Gasteiger partial charge in [0.2, 0.25) is 4.96 Å². The van der Waals surface area contributed by atoms with E-state index < -0.39 is 12.1 Å². The van der Waals surface area contributed by atoms with Gasteiger partial charge in [-0.05, 0) is 43.3 Å². The summed E-state index contributed by atoms with van der Waals surface area (Å²) in [5, 5.41) is 7.82. The third kappa shape index (κ3) is 5.90. The molecule has 4 aromatic rings. The molecule has 0 radical (unpaired) electrons. The first-order valence-electron chi connectivity index (χ1n) is 11.0. The van der Waals surface area contributed by atoms with Crippen molar-refractivity contribution < 1.29 is 19.1 Å². The number of hydrogen-bond acceptors (Lipinski definition) is 8. The molecule has 0 fully saturated rings. The molecule has 1 atom stereocenters. The third-order valence-corrected chi connectivity index (χ3v) is 6.18. The van der Waals surface area contributed by atoms with Crippen LogP contribution in [0, 0.1) is 0 Å². The predicted octanol–water partition coefficient (Wildman–Crippen LogP) is 4.04. The second-order valence-corrected chi connectivity index (χ2v) is 9.08. The second kappa shape index (κ2) is 10.5. The maximum absolute atomic E-state index is 12.5. The maximum Gasteiger partial charge on any atom is 0.338 e. The lowest BCUT2D eigenvalue weighted by Gasteiger charge is -2.14. The van der Waals surface area contributed by atoms with Crippen LogP contribution < -0.4 is 15.6 Å². The first kappa shape index (κ1) is 24.1. The molecule has 35 heavy (non-hydrogen) atoms. The largest absolute Gasteiger partial charge is 0.481 e. The van der Waals surface area contributed by atoms with E-state index in [1.165, 1.54) is 21.9 Å². The number of nitrogens with one attached hydrogen (secondary N) is 1. The number of benzene rings is 2. The van der Waals surface area contributed by atoms with E-state index in [0.29, 0.717) is 27.7 Å². The Bertz CT molecular complexity index is 1400. The van der Waals surface area contributed by atoms with E-state index in [0.717, 1.165) is 5.01 Å². The minimum Gasteiger partial charge on any atom is -0.481 e. The highest BCUT2D eigenvalue weighted by Crippen LogP contribution is 2.20. The summed E-state index contributed by atoms with van der Waals surface area (Å²) in [7, 11) is 0. The van der Waals surface area contributed by atoms with Gasteiger partial charge in [-0.25, -0.2) is 9.78 Å². The summed E-state index contributed by atoms with van der Waals surface area (Å²) in [5.41, 5.74) is 0.837. The second-order valence-electron chi connectivity index (χ2n) is 8.09. The summed E-state index contributed by atoms with van der Waals surface area (Å²) in [6.45, 7) is 5.48. The van der Waals surface area contributed by atoms with Crippen molar-refractivity contribution >= 4 is 33.9 Å². The number of para-hydroxylation sites is 1. The summed E-state index contributed by atoms with van der Waals surface area (Å²) in [4.78, 5) is 42.0. The zero-order valence-corrected chi connectivity index (χ0v) is 20.2. The van der Waals surface area contributed by atoms with Crippen LogP contribution in [0.1, 0.15) is 47.7 Å². The molecular weight excluding hydrogens is 468 g/mol. The van der Waals surface area contributed by atoms with Crippen molar-refractivity contribution in [3.05, 3.63) is 87.3 Å². The molecule has 0 aliphatic heterocycles. The number of nitrogens with zero attached hydrogens (tertiary/aromatic N) is 3. The van der Waals surface area contributed by atoms with E-state index in [2.05, 4.69) is 15.4 Å². The molecule has 2 aromatic heterocycles. The molecule has 0 unspecified atom stereocenters. The highest BCUT2D eigenvalue weighted by molar-refractivity contribution is 7.16. The van der Waals surface area contributed by atoms with E-state index in [1.54, 1.807) is 43.3 Å². The minimum atomic E-state index is -0.703. The average Bonchev–Trinajstić information content (AvgIpc) is 3.29. The van der Waals surface area contributed by atoms with Gasteiger partial charge in [-0.15, -0.1) is 0 Å². The van der Waals surface area contributed by atoms with E-state index in [1.807, 2.05) is 32.0 Å². The van der Waals surface area contributed by atoms with E-state index >= 15 is 0 Å². The van der Waals surface area contributed by atoms with Gasteiger partial charge in [-0.2, -0.15) is 9.61 Å². The van der Waals surface area contributed by atoms with Crippen LogP contribution in [0.15, 0.2) is 65.5 Å². The van der Waals surface area contributed by atoms with Crippen LogP contribution in [0.2, 0.25) is 0 Å². The Morgan fingerprint density at radius 3 is 2.46 bits per heavy atom. The van der Waals surface area contributed by atoms with Gasteiger partial charge >= 0.3 is 5.97 Å². The fourth-order valence-electron chi connectivity index (χ4n) is 3.09. The van der Waals surface area contributed by atoms with Gasteiger partial charge in [0.05, 0.1) is 11.3 Å². The lowest BCUT2D eigenvalue weighted by Crippen LogP contribution is -2.30. The van der Waals surface area contributed by atoms with Crippen LogP contribution in [-0.2, 0) is 16.1 Å². The van der Waals surface area contributed by atoms with Crippen LogP contribution >= 0.6 is 11.3 Å². The van der Waals surface area contributed by atoms with Crippen LogP contribution in [0.25, 0.3) is 4.96 Å².